The van der Waals surface area contributed by atoms with E-state index in [-0.39, 0.29) is 12.3 Å². The van der Waals surface area contributed by atoms with Gasteiger partial charge in [0.05, 0.1) is 17.0 Å². The van der Waals surface area contributed by atoms with Crippen molar-refractivity contribution in [3.8, 4) is 5.75 Å². The quantitative estimate of drug-likeness (QED) is 0.608. The van der Waals surface area contributed by atoms with Crippen molar-refractivity contribution >= 4 is 24.0 Å². The number of carbonyl (C=O) groups is 1. The van der Waals surface area contributed by atoms with Crippen molar-refractivity contribution in [2.75, 3.05) is 6.61 Å². The van der Waals surface area contributed by atoms with Crippen LogP contribution in [-0.2, 0) is 17.8 Å². The van der Waals surface area contributed by atoms with Crippen LogP contribution < -0.4 is 4.74 Å². The van der Waals surface area contributed by atoms with Crippen molar-refractivity contribution in [2.24, 2.45) is 0 Å². The lowest BCUT2D eigenvalue weighted by molar-refractivity contribution is -0.455. The summed E-state index contributed by atoms with van der Waals surface area (Å²) in [6, 6.07) is 4.52. The number of rotatable bonds is 6. The maximum atomic E-state index is 13.9. The summed E-state index contributed by atoms with van der Waals surface area (Å²) in [5.41, 5.74) is 2.03. The first-order valence-corrected chi connectivity index (χ1v) is 7.37. The summed E-state index contributed by atoms with van der Waals surface area (Å²) in [6.07, 6.45) is 1.66. The number of benzene rings is 1. The van der Waals surface area contributed by atoms with E-state index in [1.165, 1.54) is 22.0 Å². The molecule has 2 rings (SSSR count). The molecule has 0 spiro atoms. The van der Waals surface area contributed by atoms with Gasteiger partial charge < -0.3 is 4.74 Å². The van der Waals surface area contributed by atoms with E-state index in [9.17, 15) is 9.18 Å². The smallest absolute Gasteiger partial charge is 0.391 e. The Bertz CT molecular complexity index is 641. The molecule has 6 heteroatoms. The molecule has 0 saturated carbocycles. The van der Waals surface area contributed by atoms with E-state index in [4.69, 9.17) is 4.74 Å². The fourth-order valence-corrected chi connectivity index (χ4v) is 2.41. The number of ether oxygens (including phenoxy) is 1. The van der Waals surface area contributed by atoms with E-state index in [1.807, 2.05) is 6.92 Å². The fraction of sp³-hybridized carbons (Fsp3) is 0.267. The number of halogens is 1. The summed E-state index contributed by atoms with van der Waals surface area (Å²) < 4.78 is 20.4. The lowest BCUT2D eigenvalue weighted by Gasteiger charge is -2.05. The van der Waals surface area contributed by atoms with E-state index < -0.39 is 5.82 Å². The molecule has 0 bridgehead atoms. The van der Waals surface area contributed by atoms with Gasteiger partial charge in [-0.1, -0.05) is 6.07 Å². The van der Waals surface area contributed by atoms with Gasteiger partial charge in [0, 0.05) is 17.8 Å². The predicted octanol–water partition coefficient (Wildman–Crippen LogP) is 2.66. The van der Waals surface area contributed by atoms with Crippen LogP contribution in [0.1, 0.15) is 17.4 Å². The highest BCUT2D eigenvalue weighted by molar-refractivity contribution is 7.09. The molecule has 4 nitrogen and oxygen atoms in total. The largest absolute Gasteiger partial charge is 0.494 e. The number of nitrogens with zero attached hydrogens (tertiary/aromatic N) is 2. The molecule has 1 aromatic heterocycles. The molecule has 0 radical (unpaired) electrons. The van der Waals surface area contributed by atoms with Crippen LogP contribution in [-0.4, -0.2) is 28.8 Å². The number of thiazole rings is 1. The zero-order valence-electron chi connectivity index (χ0n) is 11.7. The molecule has 1 amide bonds. The van der Waals surface area contributed by atoms with Crippen molar-refractivity contribution in [1.29, 1.82) is 0 Å². The fourth-order valence-electron chi connectivity index (χ4n) is 1.80. The van der Waals surface area contributed by atoms with Gasteiger partial charge in [-0.3, -0.25) is 4.98 Å². The van der Waals surface area contributed by atoms with Crippen molar-refractivity contribution in [3.05, 3.63) is 46.2 Å². The number of hydrogen-bond acceptors (Lipinski definition) is 4. The average molecular weight is 307 g/mol. The summed E-state index contributed by atoms with van der Waals surface area (Å²) in [5.74, 6) is -0.228. The van der Waals surface area contributed by atoms with Gasteiger partial charge in [-0.2, -0.15) is 4.58 Å². The van der Waals surface area contributed by atoms with E-state index in [0.29, 0.717) is 24.5 Å². The molecule has 0 aliphatic carbocycles. The van der Waals surface area contributed by atoms with E-state index in [0.717, 1.165) is 4.88 Å². The van der Waals surface area contributed by atoms with Crippen molar-refractivity contribution in [3.63, 3.8) is 0 Å². The molecule has 0 saturated heterocycles. The Morgan fingerprint density at radius 2 is 2.33 bits per heavy atom. The molecule has 21 heavy (non-hydrogen) atoms. The summed E-state index contributed by atoms with van der Waals surface area (Å²) in [6.45, 7) is 6.38. The molecule has 0 unspecified atom stereocenters. The first-order valence-electron chi connectivity index (χ1n) is 6.49. The highest BCUT2D eigenvalue weighted by Crippen LogP contribution is 2.17. The maximum Gasteiger partial charge on any atom is 0.391 e. The second kappa shape index (κ2) is 7.08. The van der Waals surface area contributed by atoms with Gasteiger partial charge in [0.1, 0.15) is 24.7 Å². The standard InChI is InChI=1S/C15H16FN2O2S/c1-3-20-12-5-4-11(14(16)7-12)6-15(19)18(2)9-13-8-17-10-21-13/h4-5,7-8,10H,2-3,6,9H2,1H3/q+1. The zero-order valence-corrected chi connectivity index (χ0v) is 12.5. The predicted molar refractivity (Wildman–Crippen MR) is 79.5 cm³/mol. The third-order valence-electron chi connectivity index (χ3n) is 2.86. The Kier molecular flexibility index (Phi) is 5.16. The minimum absolute atomic E-state index is 0.0272. The molecule has 110 valence electrons. The number of amides is 1. The van der Waals surface area contributed by atoms with Crippen LogP contribution in [0.3, 0.4) is 0 Å². The summed E-state index contributed by atoms with van der Waals surface area (Å²) in [4.78, 5) is 16.9. The molecule has 0 fully saturated rings. The van der Waals surface area contributed by atoms with Crippen molar-refractivity contribution in [2.45, 2.75) is 19.9 Å². The highest BCUT2D eigenvalue weighted by Gasteiger charge is 2.19. The Morgan fingerprint density at radius 1 is 1.52 bits per heavy atom. The van der Waals surface area contributed by atoms with Crippen LogP contribution in [0.2, 0.25) is 0 Å². The van der Waals surface area contributed by atoms with E-state index in [1.54, 1.807) is 23.8 Å². The van der Waals surface area contributed by atoms with Gasteiger partial charge in [-0.15, -0.1) is 11.3 Å². The normalized spacial score (nSPS) is 10.4. The lowest BCUT2D eigenvalue weighted by Crippen LogP contribution is -2.21. The molecule has 0 atom stereocenters. The Balaban J connectivity index is 2.00. The SMILES string of the molecule is C=[N+](Cc1cncs1)C(=O)Cc1ccc(OCC)cc1F. The van der Waals surface area contributed by atoms with Gasteiger partial charge in [-0.25, -0.2) is 9.18 Å². The Morgan fingerprint density at radius 3 is 2.95 bits per heavy atom. The summed E-state index contributed by atoms with van der Waals surface area (Å²) in [7, 11) is 0. The third-order valence-corrected chi connectivity index (χ3v) is 3.62. The van der Waals surface area contributed by atoms with Crippen LogP contribution in [0.5, 0.6) is 5.75 Å². The van der Waals surface area contributed by atoms with E-state index in [2.05, 4.69) is 11.7 Å². The topological polar surface area (TPSA) is 42.2 Å². The number of hydrogen-bond donors (Lipinski definition) is 0. The van der Waals surface area contributed by atoms with Crippen LogP contribution in [0.15, 0.2) is 29.9 Å². The van der Waals surface area contributed by atoms with Gasteiger partial charge in [0.2, 0.25) is 0 Å². The number of aromatic nitrogens is 1. The third kappa shape index (κ3) is 4.19. The van der Waals surface area contributed by atoms with Crippen molar-refractivity contribution < 1.29 is 18.5 Å². The van der Waals surface area contributed by atoms with Crippen LogP contribution >= 0.6 is 11.3 Å². The Hall–Kier alpha value is -2.08. The van der Waals surface area contributed by atoms with Gasteiger partial charge >= 0.3 is 5.91 Å². The monoisotopic (exact) mass is 307 g/mol. The van der Waals surface area contributed by atoms with Crippen LogP contribution in [0.25, 0.3) is 0 Å². The molecule has 0 aliphatic rings. The van der Waals surface area contributed by atoms with Crippen LogP contribution in [0.4, 0.5) is 4.39 Å². The molecule has 0 aliphatic heterocycles. The van der Waals surface area contributed by atoms with Gasteiger partial charge in [0.25, 0.3) is 0 Å². The first kappa shape index (κ1) is 15.3. The zero-order chi connectivity index (χ0) is 15.2. The van der Waals surface area contributed by atoms with Crippen LogP contribution in [0, 0.1) is 5.82 Å². The number of carbonyl (C=O) groups excluding carboxylic acids is 1. The molecular formula is C15H16FN2O2S+. The maximum absolute atomic E-state index is 13.9. The Labute approximate surface area is 126 Å². The summed E-state index contributed by atoms with van der Waals surface area (Å²) in [5, 5.41) is 0. The highest BCUT2D eigenvalue weighted by atomic mass is 32.1. The van der Waals surface area contributed by atoms with E-state index >= 15 is 0 Å². The second-order valence-corrected chi connectivity index (χ2v) is 5.39. The average Bonchev–Trinajstić information content (AvgIpc) is 2.95. The molecular weight excluding hydrogens is 291 g/mol. The minimum Gasteiger partial charge on any atom is -0.494 e. The summed E-state index contributed by atoms with van der Waals surface area (Å²) >= 11 is 1.45. The van der Waals surface area contributed by atoms with Gasteiger partial charge in [0.15, 0.2) is 6.54 Å². The minimum atomic E-state index is -0.444. The van der Waals surface area contributed by atoms with Gasteiger partial charge in [-0.05, 0) is 13.0 Å². The molecule has 2 aromatic rings. The van der Waals surface area contributed by atoms with Crippen molar-refractivity contribution in [1.82, 2.24) is 4.98 Å². The molecule has 1 heterocycles. The second-order valence-electron chi connectivity index (χ2n) is 4.42. The first-order chi connectivity index (χ1) is 10.1. The molecule has 0 N–H and O–H groups in total. The molecule has 1 aromatic carbocycles. The lowest BCUT2D eigenvalue weighted by atomic mass is 10.1.